The Hall–Kier alpha value is -4.30. The van der Waals surface area contributed by atoms with Crippen LogP contribution in [0.2, 0.25) is 0 Å². The summed E-state index contributed by atoms with van der Waals surface area (Å²) in [6.07, 6.45) is 0. The quantitative estimate of drug-likeness (QED) is 0.253. The summed E-state index contributed by atoms with van der Waals surface area (Å²) in [7, 11) is 2.19. The van der Waals surface area contributed by atoms with E-state index in [2.05, 4.69) is 119 Å². The van der Waals surface area contributed by atoms with Gasteiger partial charge in [-0.1, -0.05) is 78.9 Å². The SMILES string of the molecule is Cn1c2cccc3c4ccccc4n4c5cc(-c6ccccc6)ccc5c5ccc1c(c32)c54. The zero-order chi connectivity index (χ0) is 21.7. The molecule has 0 unspecified atom stereocenters. The third-order valence-electron chi connectivity index (χ3n) is 7.47. The molecule has 2 nitrogen and oxygen atoms in total. The van der Waals surface area contributed by atoms with Crippen LogP contribution >= 0.6 is 0 Å². The van der Waals surface area contributed by atoms with Crippen molar-refractivity contribution < 1.29 is 0 Å². The molecule has 0 aliphatic carbocycles. The lowest BCUT2D eigenvalue weighted by molar-refractivity contribution is 1.01. The molecule has 2 heteroatoms. The van der Waals surface area contributed by atoms with Gasteiger partial charge >= 0.3 is 0 Å². The first-order valence-corrected chi connectivity index (χ1v) is 11.4. The third kappa shape index (κ3) is 2.04. The molecule has 0 amide bonds. The fourth-order valence-electron chi connectivity index (χ4n) is 6.01. The van der Waals surface area contributed by atoms with Crippen molar-refractivity contribution in [2.75, 3.05) is 0 Å². The molecule has 0 aliphatic rings. The molecule has 3 heterocycles. The predicted octanol–water partition coefficient (Wildman–Crippen LogP) is 8.15. The van der Waals surface area contributed by atoms with Gasteiger partial charge in [0.2, 0.25) is 0 Å². The van der Waals surface area contributed by atoms with Crippen LogP contribution in [0.4, 0.5) is 0 Å². The van der Waals surface area contributed by atoms with Crippen molar-refractivity contribution in [2.24, 2.45) is 7.05 Å². The normalized spacial score (nSPS) is 12.4. The topological polar surface area (TPSA) is 9.34 Å². The Bertz CT molecular complexity index is 2020. The van der Waals surface area contributed by atoms with Gasteiger partial charge in [0, 0.05) is 39.5 Å². The van der Waals surface area contributed by atoms with Gasteiger partial charge in [-0.3, -0.25) is 0 Å². The van der Waals surface area contributed by atoms with Crippen LogP contribution in [0.1, 0.15) is 0 Å². The van der Waals surface area contributed by atoms with Crippen molar-refractivity contribution in [3.05, 3.63) is 103 Å². The van der Waals surface area contributed by atoms with Crippen molar-refractivity contribution in [1.82, 2.24) is 8.97 Å². The molecule has 0 N–H and O–H groups in total. The van der Waals surface area contributed by atoms with Gasteiger partial charge in [0.1, 0.15) is 0 Å². The molecule has 33 heavy (non-hydrogen) atoms. The van der Waals surface area contributed by atoms with Crippen molar-refractivity contribution in [2.45, 2.75) is 0 Å². The summed E-state index contributed by atoms with van der Waals surface area (Å²) >= 11 is 0. The van der Waals surface area contributed by atoms with Gasteiger partial charge in [0.05, 0.1) is 22.1 Å². The first kappa shape index (κ1) is 17.3. The Morgan fingerprint density at radius 3 is 2.06 bits per heavy atom. The molecule has 0 atom stereocenters. The zero-order valence-electron chi connectivity index (χ0n) is 18.2. The Morgan fingerprint density at radius 2 is 1.15 bits per heavy atom. The summed E-state index contributed by atoms with van der Waals surface area (Å²) in [5, 5.41) is 7.94. The number of rotatable bonds is 1. The molecule has 8 rings (SSSR count). The highest BCUT2D eigenvalue weighted by molar-refractivity contribution is 6.32. The summed E-state index contributed by atoms with van der Waals surface area (Å²) in [4.78, 5) is 0. The number of hydrogen-bond acceptors (Lipinski definition) is 0. The van der Waals surface area contributed by atoms with Crippen LogP contribution in [-0.2, 0) is 7.05 Å². The molecule has 154 valence electrons. The van der Waals surface area contributed by atoms with Crippen LogP contribution in [0, 0.1) is 0 Å². The number of nitrogens with zero attached hydrogens (tertiary/aromatic N) is 2. The number of aryl methyl sites for hydroxylation is 1. The van der Waals surface area contributed by atoms with E-state index in [-0.39, 0.29) is 0 Å². The largest absolute Gasteiger partial charge is 0.344 e. The van der Waals surface area contributed by atoms with E-state index in [0.29, 0.717) is 0 Å². The lowest BCUT2D eigenvalue weighted by Crippen LogP contribution is -1.88. The van der Waals surface area contributed by atoms with E-state index in [1.54, 1.807) is 0 Å². The summed E-state index contributed by atoms with van der Waals surface area (Å²) in [5.74, 6) is 0. The van der Waals surface area contributed by atoms with E-state index >= 15 is 0 Å². The van der Waals surface area contributed by atoms with Gasteiger partial charge in [-0.25, -0.2) is 0 Å². The molecule has 0 fully saturated rings. The average molecular weight is 421 g/mol. The average Bonchev–Trinajstić information content (AvgIpc) is 3.31. The molecule has 0 radical (unpaired) electrons. The van der Waals surface area contributed by atoms with Crippen LogP contribution in [0.25, 0.3) is 71.0 Å². The number of hydrogen-bond donors (Lipinski definition) is 0. The van der Waals surface area contributed by atoms with Gasteiger partial charge in [-0.15, -0.1) is 0 Å². The second-order valence-corrected chi connectivity index (χ2v) is 9.07. The fraction of sp³-hybridized carbons (Fsp3) is 0.0323. The minimum atomic E-state index is 1.25. The molecular formula is C31H20N2. The van der Waals surface area contributed by atoms with Crippen molar-refractivity contribution in [3.8, 4) is 11.1 Å². The van der Waals surface area contributed by atoms with Crippen LogP contribution < -0.4 is 0 Å². The molecule has 8 aromatic rings. The van der Waals surface area contributed by atoms with E-state index < -0.39 is 0 Å². The molecule has 0 saturated heterocycles. The maximum absolute atomic E-state index is 2.51. The second-order valence-electron chi connectivity index (χ2n) is 9.07. The van der Waals surface area contributed by atoms with E-state index in [0.717, 1.165) is 0 Å². The fourth-order valence-corrected chi connectivity index (χ4v) is 6.01. The van der Waals surface area contributed by atoms with Gasteiger partial charge < -0.3 is 8.97 Å². The van der Waals surface area contributed by atoms with E-state index in [1.807, 2.05) is 0 Å². The minimum absolute atomic E-state index is 1.25. The first-order chi connectivity index (χ1) is 16.3. The van der Waals surface area contributed by atoms with E-state index in [9.17, 15) is 0 Å². The molecule has 3 aromatic heterocycles. The van der Waals surface area contributed by atoms with Crippen LogP contribution in [-0.4, -0.2) is 8.97 Å². The Morgan fingerprint density at radius 1 is 0.455 bits per heavy atom. The number of para-hydroxylation sites is 1. The van der Waals surface area contributed by atoms with Crippen molar-refractivity contribution in [3.63, 3.8) is 0 Å². The smallest absolute Gasteiger partial charge is 0.0641 e. The highest BCUT2D eigenvalue weighted by atomic mass is 15.0. The number of benzene rings is 5. The summed E-state index contributed by atoms with van der Waals surface area (Å²) < 4.78 is 4.85. The summed E-state index contributed by atoms with van der Waals surface area (Å²) in [6, 6.07) is 37.8. The molecule has 0 saturated carbocycles. The van der Waals surface area contributed by atoms with E-state index in [1.165, 1.54) is 71.0 Å². The standard InChI is InChI=1S/C31H20N2/c1-32-26-13-7-11-23-21-10-5-6-12-25(21)33-28-18-20(19-8-3-2-4-9-19)14-15-22(28)24-16-17-27(32)30(29(23)26)31(24)33/h2-18H,1H3. The monoisotopic (exact) mass is 420 g/mol. The molecule has 0 spiro atoms. The first-order valence-electron chi connectivity index (χ1n) is 11.4. The number of aromatic nitrogens is 2. The van der Waals surface area contributed by atoms with Crippen LogP contribution in [0.15, 0.2) is 103 Å². The Balaban J connectivity index is 1.74. The van der Waals surface area contributed by atoms with Crippen LogP contribution in [0.5, 0.6) is 0 Å². The third-order valence-corrected chi connectivity index (χ3v) is 7.47. The van der Waals surface area contributed by atoms with Gasteiger partial charge in [0.25, 0.3) is 0 Å². The predicted molar refractivity (Wildman–Crippen MR) is 141 cm³/mol. The van der Waals surface area contributed by atoms with Crippen molar-refractivity contribution >= 4 is 59.9 Å². The minimum Gasteiger partial charge on any atom is -0.344 e. The Labute approximate surface area is 190 Å². The maximum atomic E-state index is 2.51. The molecule has 0 aliphatic heterocycles. The molecular weight excluding hydrogens is 400 g/mol. The highest BCUT2D eigenvalue weighted by Gasteiger charge is 2.21. The molecule has 0 bridgehead atoms. The Kier molecular flexibility index (Phi) is 3.11. The van der Waals surface area contributed by atoms with Gasteiger partial charge in [0.15, 0.2) is 0 Å². The van der Waals surface area contributed by atoms with Crippen molar-refractivity contribution in [1.29, 1.82) is 0 Å². The molecule has 5 aromatic carbocycles. The zero-order valence-corrected chi connectivity index (χ0v) is 18.2. The van der Waals surface area contributed by atoms with E-state index in [4.69, 9.17) is 0 Å². The second kappa shape index (κ2) is 5.93. The van der Waals surface area contributed by atoms with Gasteiger partial charge in [-0.05, 0) is 40.8 Å². The lowest BCUT2D eigenvalue weighted by Gasteiger charge is -2.05. The number of fused-ring (bicyclic) bond motifs is 6. The summed E-state index contributed by atoms with van der Waals surface area (Å²) in [5.41, 5.74) is 8.89. The van der Waals surface area contributed by atoms with Crippen LogP contribution in [0.3, 0.4) is 0 Å². The maximum Gasteiger partial charge on any atom is 0.0641 e. The lowest BCUT2D eigenvalue weighted by atomic mass is 10.0. The summed E-state index contributed by atoms with van der Waals surface area (Å²) in [6.45, 7) is 0. The van der Waals surface area contributed by atoms with Gasteiger partial charge in [-0.2, -0.15) is 0 Å². The highest BCUT2D eigenvalue weighted by Crippen LogP contribution is 2.44.